The zero-order valence-electron chi connectivity index (χ0n) is 19.5. The molecule has 0 spiro atoms. The molecule has 0 aliphatic carbocycles. The molecule has 0 fully saturated rings. The SMILES string of the molecule is CCO[Si](CC)(CC)CCC(CCN(C)C)(CCN(C)C)CCN(C)C. The van der Waals surface area contributed by atoms with Gasteiger partial charge < -0.3 is 19.1 Å². The van der Waals surface area contributed by atoms with Gasteiger partial charge in [-0.05, 0) is 118 Å². The molecule has 0 aromatic rings. The normalized spacial score (nSPS) is 13.4. The third-order valence-corrected chi connectivity index (χ3v) is 10.8. The van der Waals surface area contributed by atoms with Gasteiger partial charge in [0.1, 0.15) is 0 Å². The van der Waals surface area contributed by atoms with E-state index in [1.807, 2.05) is 0 Å². The molecule has 0 aromatic carbocycles. The second kappa shape index (κ2) is 13.3. The van der Waals surface area contributed by atoms with Crippen molar-refractivity contribution in [2.45, 2.75) is 64.6 Å². The Balaban J connectivity index is 5.36. The Morgan fingerprint density at radius 2 is 1.04 bits per heavy atom. The lowest BCUT2D eigenvalue weighted by atomic mass is 9.75. The summed E-state index contributed by atoms with van der Waals surface area (Å²) < 4.78 is 6.41. The van der Waals surface area contributed by atoms with Gasteiger partial charge >= 0.3 is 0 Å². The molecule has 0 amide bonds. The molecule has 0 aromatic heterocycles. The molecule has 5 heteroatoms. The minimum absolute atomic E-state index is 0.429. The van der Waals surface area contributed by atoms with Crippen LogP contribution in [0.4, 0.5) is 0 Å². The molecule has 0 heterocycles. The Morgan fingerprint density at radius 1 is 0.654 bits per heavy atom. The molecule has 0 unspecified atom stereocenters. The van der Waals surface area contributed by atoms with Crippen LogP contribution < -0.4 is 0 Å². The average molecular weight is 388 g/mol. The van der Waals surface area contributed by atoms with Gasteiger partial charge in [-0.3, -0.25) is 0 Å². The maximum Gasteiger partial charge on any atom is 0.192 e. The van der Waals surface area contributed by atoms with Crippen LogP contribution in [-0.2, 0) is 4.43 Å². The average Bonchev–Trinajstić information content (AvgIpc) is 2.59. The summed E-state index contributed by atoms with van der Waals surface area (Å²) in [4.78, 5) is 7.06. The predicted molar refractivity (Wildman–Crippen MR) is 120 cm³/mol. The summed E-state index contributed by atoms with van der Waals surface area (Å²) in [6.07, 6.45) is 5.22. The van der Waals surface area contributed by atoms with Gasteiger partial charge in [-0.15, -0.1) is 0 Å². The van der Waals surface area contributed by atoms with Crippen molar-refractivity contribution in [1.82, 2.24) is 14.7 Å². The van der Waals surface area contributed by atoms with Crippen LogP contribution in [0.5, 0.6) is 0 Å². The van der Waals surface area contributed by atoms with Crippen molar-refractivity contribution in [2.75, 3.05) is 68.5 Å². The topological polar surface area (TPSA) is 19.0 Å². The lowest BCUT2D eigenvalue weighted by molar-refractivity contribution is 0.146. The van der Waals surface area contributed by atoms with Crippen molar-refractivity contribution in [3.8, 4) is 0 Å². The molecule has 0 bridgehead atoms. The highest BCUT2D eigenvalue weighted by atomic mass is 28.4. The van der Waals surface area contributed by atoms with Gasteiger partial charge in [-0.25, -0.2) is 0 Å². The van der Waals surface area contributed by atoms with E-state index in [4.69, 9.17) is 4.43 Å². The van der Waals surface area contributed by atoms with E-state index in [1.165, 1.54) is 63.4 Å². The molecule has 26 heavy (non-hydrogen) atoms. The van der Waals surface area contributed by atoms with E-state index in [9.17, 15) is 0 Å². The lowest BCUT2D eigenvalue weighted by Crippen LogP contribution is -2.40. The fraction of sp³-hybridized carbons (Fsp3) is 1.00. The molecule has 0 rings (SSSR count). The van der Waals surface area contributed by atoms with Gasteiger partial charge in [0.25, 0.3) is 0 Å². The first-order valence-corrected chi connectivity index (χ1v) is 13.3. The molecule has 0 aliphatic heterocycles. The first kappa shape index (κ1) is 26.1. The standard InChI is InChI=1S/C21H49N3OSi/c1-10-25-26(11-2,12-3)20-16-21(13-17-22(4)5,14-18-23(6)7)15-19-24(8)9/h10-20H2,1-9H3. The summed E-state index contributed by atoms with van der Waals surface area (Å²) in [6, 6.07) is 3.83. The summed E-state index contributed by atoms with van der Waals surface area (Å²) in [5, 5.41) is 0. The van der Waals surface area contributed by atoms with E-state index in [1.54, 1.807) is 0 Å². The molecule has 0 N–H and O–H groups in total. The van der Waals surface area contributed by atoms with Crippen LogP contribution in [0.3, 0.4) is 0 Å². The number of rotatable bonds is 16. The molecule has 0 atom stereocenters. The van der Waals surface area contributed by atoms with E-state index in [-0.39, 0.29) is 0 Å². The zero-order chi connectivity index (χ0) is 20.2. The van der Waals surface area contributed by atoms with Crippen LogP contribution in [-0.4, -0.2) is 91.5 Å². The third-order valence-electron chi connectivity index (χ3n) is 6.12. The molecular weight excluding hydrogens is 338 g/mol. The number of hydrogen-bond donors (Lipinski definition) is 0. The van der Waals surface area contributed by atoms with E-state index in [0.29, 0.717) is 5.41 Å². The Bertz CT molecular complexity index is 313. The first-order valence-electron chi connectivity index (χ1n) is 10.7. The van der Waals surface area contributed by atoms with E-state index < -0.39 is 8.32 Å². The van der Waals surface area contributed by atoms with Crippen LogP contribution in [0.25, 0.3) is 0 Å². The van der Waals surface area contributed by atoms with Crippen LogP contribution in [0.2, 0.25) is 18.1 Å². The Morgan fingerprint density at radius 3 is 1.31 bits per heavy atom. The highest BCUT2D eigenvalue weighted by Gasteiger charge is 2.36. The van der Waals surface area contributed by atoms with Gasteiger partial charge in [0.15, 0.2) is 8.32 Å². The molecular formula is C21H49N3OSi. The molecule has 158 valence electrons. The molecule has 0 saturated carbocycles. The van der Waals surface area contributed by atoms with Gasteiger partial charge in [0, 0.05) is 6.61 Å². The summed E-state index contributed by atoms with van der Waals surface area (Å²) >= 11 is 0. The van der Waals surface area contributed by atoms with Crippen LogP contribution in [0, 0.1) is 5.41 Å². The fourth-order valence-electron chi connectivity index (χ4n) is 3.81. The van der Waals surface area contributed by atoms with E-state index in [2.05, 4.69) is 77.8 Å². The van der Waals surface area contributed by atoms with Crippen molar-refractivity contribution < 1.29 is 4.43 Å². The first-order chi connectivity index (χ1) is 12.1. The van der Waals surface area contributed by atoms with Crippen molar-refractivity contribution in [2.24, 2.45) is 5.41 Å². The quantitative estimate of drug-likeness (QED) is 0.369. The van der Waals surface area contributed by atoms with Crippen molar-refractivity contribution in [3.63, 3.8) is 0 Å². The molecule has 0 saturated heterocycles. The number of hydrogen-bond acceptors (Lipinski definition) is 4. The van der Waals surface area contributed by atoms with E-state index >= 15 is 0 Å². The van der Waals surface area contributed by atoms with Crippen LogP contribution in [0.15, 0.2) is 0 Å². The highest BCUT2D eigenvalue weighted by Crippen LogP contribution is 2.40. The molecule has 0 radical (unpaired) electrons. The zero-order valence-corrected chi connectivity index (χ0v) is 20.5. The Labute approximate surface area is 166 Å². The lowest BCUT2D eigenvalue weighted by Gasteiger charge is -2.40. The molecule has 4 nitrogen and oxygen atoms in total. The van der Waals surface area contributed by atoms with E-state index in [0.717, 1.165) is 6.61 Å². The summed E-state index contributed by atoms with van der Waals surface area (Å²) in [5.74, 6) is 0. The van der Waals surface area contributed by atoms with Crippen molar-refractivity contribution in [3.05, 3.63) is 0 Å². The smallest absolute Gasteiger partial charge is 0.192 e. The number of nitrogens with zero attached hydrogens (tertiary/aromatic N) is 3. The summed E-state index contributed by atoms with van der Waals surface area (Å²) in [7, 11) is 11.7. The Kier molecular flexibility index (Phi) is 13.3. The van der Waals surface area contributed by atoms with Crippen molar-refractivity contribution >= 4 is 8.32 Å². The minimum Gasteiger partial charge on any atom is -0.417 e. The highest BCUT2D eigenvalue weighted by molar-refractivity contribution is 6.73. The van der Waals surface area contributed by atoms with Crippen LogP contribution >= 0.6 is 0 Å². The summed E-state index contributed by atoms with van der Waals surface area (Å²) in [5.41, 5.74) is 0.429. The largest absolute Gasteiger partial charge is 0.417 e. The second-order valence-electron chi connectivity index (χ2n) is 8.98. The van der Waals surface area contributed by atoms with Gasteiger partial charge in [0.05, 0.1) is 0 Å². The molecule has 0 aliphatic rings. The van der Waals surface area contributed by atoms with Crippen LogP contribution in [0.1, 0.15) is 46.5 Å². The Hall–Kier alpha value is 0.0569. The maximum atomic E-state index is 6.41. The van der Waals surface area contributed by atoms with Crippen molar-refractivity contribution in [1.29, 1.82) is 0 Å². The predicted octanol–water partition coefficient (Wildman–Crippen LogP) is 4.24. The minimum atomic E-state index is -1.56. The fourth-order valence-corrected chi connectivity index (χ4v) is 7.17. The van der Waals surface area contributed by atoms with Gasteiger partial charge in [0.2, 0.25) is 0 Å². The summed E-state index contributed by atoms with van der Waals surface area (Å²) in [6.45, 7) is 11.3. The third kappa shape index (κ3) is 10.4. The van der Waals surface area contributed by atoms with Gasteiger partial charge in [-0.1, -0.05) is 13.8 Å². The second-order valence-corrected chi connectivity index (χ2v) is 13.6. The maximum absolute atomic E-state index is 6.41. The van der Waals surface area contributed by atoms with Gasteiger partial charge in [-0.2, -0.15) is 0 Å². The monoisotopic (exact) mass is 387 g/mol.